The van der Waals surface area contributed by atoms with Crippen LogP contribution in [0, 0.1) is 0 Å². The second kappa shape index (κ2) is 7.90. The maximum absolute atomic E-state index is 8.86. The molecule has 0 saturated carbocycles. The molecule has 0 bridgehead atoms. The number of aliphatic hydroxyl groups excluding tert-OH is 1. The van der Waals surface area contributed by atoms with E-state index in [-0.39, 0.29) is 13.2 Å². The summed E-state index contributed by atoms with van der Waals surface area (Å²) in [6.07, 6.45) is 0. The zero-order valence-electron chi connectivity index (χ0n) is 11.7. The molecule has 112 valence electrons. The van der Waals surface area contributed by atoms with Crippen LogP contribution in [0.25, 0.3) is 0 Å². The van der Waals surface area contributed by atoms with Gasteiger partial charge in [-0.15, -0.1) is 0 Å². The normalized spacial score (nSPS) is 10.2. The molecule has 2 aromatic carbocycles. The van der Waals surface area contributed by atoms with Crippen LogP contribution in [0.3, 0.4) is 0 Å². The average Bonchev–Trinajstić information content (AvgIpc) is 2.52. The van der Waals surface area contributed by atoms with Crippen molar-refractivity contribution in [3.8, 4) is 17.2 Å². The first-order valence-electron chi connectivity index (χ1n) is 6.52. The van der Waals surface area contributed by atoms with Crippen molar-refractivity contribution in [2.45, 2.75) is 6.61 Å². The third-order valence-corrected chi connectivity index (χ3v) is 3.42. The summed E-state index contributed by atoms with van der Waals surface area (Å²) in [6, 6.07) is 13.2. The Balaban J connectivity index is 2.11. The lowest BCUT2D eigenvalue weighted by Gasteiger charge is -2.14. The lowest BCUT2D eigenvalue weighted by molar-refractivity contribution is 0.192. The van der Waals surface area contributed by atoms with E-state index in [0.717, 1.165) is 15.8 Å². The first kappa shape index (κ1) is 15.7. The highest BCUT2D eigenvalue weighted by atomic mass is 79.9. The molecular weight excluding hydrogens is 336 g/mol. The van der Waals surface area contributed by atoms with E-state index < -0.39 is 0 Å². The Hall–Kier alpha value is -1.72. The summed E-state index contributed by atoms with van der Waals surface area (Å²) in [5.41, 5.74) is 0.998. The second-order valence-corrected chi connectivity index (χ2v) is 5.13. The molecule has 4 nitrogen and oxygen atoms in total. The Morgan fingerprint density at radius 3 is 2.67 bits per heavy atom. The minimum atomic E-state index is -0.0398. The highest BCUT2D eigenvalue weighted by Crippen LogP contribution is 2.35. The smallest absolute Gasteiger partial charge is 0.175 e. The van der Waals surface area contributed by atoms with Crippen molar-refractivity contribution in [1.29, 1.82) is 0 Å². The van der Waals surface area contributed by atoms with Gasteiger partial charge in [0.2, 0.25) is 0 Å². The SMILES string of the molecule is COc1cccc(COc2c(Br)cccc2OCCO)c1. The largest absolute Gasteiger partial charge is 0.497 e. The Labute approximate surface area is 132 Å². The summed E-state index contributed by atoms with van der Waals surface area (Å²) in [4.78, 5) is 0. The van der Waals surface area contributed by atoms with E-state index in [0.29, 0.717) is 18.1 Å². The summed E-state index contributed by atoms with van der Waals surface area (Å²) in [5, 5.41) is 8.86. The Morgan fingerprint density at radius 2 is 1.90 bits per heavy atom. The van der Waals surface area contributed by atoms with Crippen LogP contribution >= 0.6 is 15.9 Å². The highest BCUT2D eigenvalue weighted by Gasteiger charge is 2.10. The first-order valence-corrected chi connectivity index (χ1v) is 7.32. The third kappa shape index (κ3) is 4.37. The van der Waals surface area contributed by atoms with Crippen molar-refractivity contribution < 1.29 is 19.3 Å². The van der Waals surface area contributed by atoms with Gasteiger partial charge in [0.15, 0.2) is 11.5 Å². The molecule has 0 spiro atoms. The molecule has 2 aromatic rings. The van der Waals surface area contributed by atoms with Crippen LogP contribution in [0.5, 0.6) is 17.2 Å². The number of rotatable bonds is 7. The molecule has 0 aromatic heterocycles. The molecule has 0 amide bonds. The van der Waals surface area contributed by atoms with Crippen LogP contribution in [-0.2, 0) is 6.61 Å². The molecule has 0 aliphatic rings. The molecule has 5 heteroatoms. The molecule has 1 N–H and O–H groups in total. The topological polar surface area (TPSA) is 47.9 Å². The van der Waals surface area contributed by atoms with Crippen LogP contribution in [0.15, 0.2) is 46.9 Å². The number of ether oxygens (including phenoxy) is 3. The minimum Gasteiger partial charge on any atom is -0.497 e. The fourth-order valence-corrected chi connectivity index (χ4v) is 2.28. The van der Waals surface area contributed by atoms with Crippen molar-refractivity contribution in [2.75, 3.05) is 20.3 Å². The summed E-state index contributed by atoms with van der Waals surface area (Å²) >= 11 is 3.45. The maximum atomic E-state index is 8.86. The number of benzene rings is 2. The molecule has 21 heavy (non-hydrogen) atoms. The number of halogens is 1. The third-order valence-electron chi connectivity index (χ3n) is 2.80. The molecule has 0 fully saturated rings. The zero-order chi connectivity index (χ0) is 15.1. The minimum absolute atomic E-state index is 0.0398. The van der Waals surface area contributed by atoms with Gasteiger partial charge in [-0.3, -0.25) is 0 Å². The molecule has 0 atom stereocenters. The van der Waals surface area contributed by atoms with Gasteiger partial charge in [-0.25, -0.2) is 0 Å². The van der Waals surface area contributed by atoms with Crippen molar-refractivity contribution in [3.05, 3.63) is 52.5 Å². The summed E-state index contributed by atoms with van der Waals surface area (Å²) in [6.45, 7) is 0.586. The van der Waals surface area contributed by atoms with Crippen molar-refractivity contribution in [1.82, 2.24) is 0 Å². The molecule has 0 aliphatic carbocycles. The lowest BCUT2D eigenvalue weighted by atomic mass is 10.2. The van der Waals surface area contributed by atoms with Gasteiger partial charge in [-0.2, -0.15) is 0 Å². The molecule has 0 heterocycles. The van der Waals surface area contributed by atoms with E-state index in [9.17, 15) is 0 Å². The van der Waals surface area contributed by atoms with E-state index in [1.165, 1.54) is 0 Å². The number of hydrogen-bond acceptors (Lipinski definition) is 4. The van der Waals surface area contributed by atoms with Crippen LogP contribution in [0.4, 0.5) is 0 Å². The molecular formula is C16H17BrO4. The van der Waals surface area contributed by atoms with Gasteiger partial charge >= 0.3 is 0 Å². The van der Waals surface area contributed by atoms with Gasteiger partial charge in [-0.1, -0.05) is 18.2 Å². The average molecular weight is 353 g/mol. The van der Waals surface area contributed by atoms with Gasteiger partial charge in [0.25, 0.3) is 0 Å². The van der Waals surface area contributed by atoms with Crippen LogP contribution in [0.2, 0.25) is 0 Å². The van der Waals surface area contributed by atoms with Gasteiger partial charge in [0.05, 0.1) is 18.2 Å². The highest BCUT2D eigenvalue weighted by molar-refractivity contribution is 9.10. The van der Waals surface area contributed by atoms with Gasteiger partial charge in [-0.05, 0) is 45.8 Å². The molecule has 0 saturated heterocycles. The second-order valence-electron chi connectivity index (χ2n) is 4.28. The maximum Gasteiger partial charge on any atom is 0.175 e. The fraction of sp³-hybridized carbons (Fsp3) is 0.250. The van der Waals surface area contributed by atoms with Crippen molar-refractivity contribution in [2.24, 2.45) is 0 Å². The number of para-hydroxylation sites is 1. The predicted octanol–water partition coefficient (Wildman–Crippen LogP) is 3.41. The molecule has 0 radical (unpaired) electrons. The Morgan fingerprint density at radius 1 is 1.10 bits per heavy atom. The fourth-order valence-electron chi connectivity index (χ4n) is 1.82. The number of hydrogen-bond donors (Lipinski definition) is 1. The van der Waals surface area contributed by atoms with Gasteiger partial charge < -0.3 is 19.3 Å². The number of methoxy groups -OCH3 is 1. The standard InChI is InChI=1S/C16H17BrO4/c1-19-13-5-2-4-12(10-13)11-21-16-14(17)6-3-7-15(16)20-9-8-18/h2-7,10,18H,8-9,11H2,1H3. The van der Waals surface area contributed by atoms with Crippen LogP contribution < -0.4 is 14.2 Å². The Bertz CT molecular complexity index is 586. The van der Waals surface area contributed by atoms with E-state index in [4.69, 9.17) is 19.3 Å². The van der Waals surface area contributed by atoms with E-state index in [1.807, 2.05) is 36.4 Å². The van der Waals surface area contributed by atoms with Crippen LogP contribution in [0.1, 0.15) is 5.56 Å². The monoisotopic (exact) mass is 352 g/mol. The van der Waals surface area contributed by atoms with E-state index >= 15 is 0 Å². The summed E-state index contributed by atoms with van der Waals surface area (Å²) in [5.74, 6) is 2.01. The predicted molar refractivity (Wildman–Crippen MR) is 84.0 cm³/mol. The van der Waals surface area contributed by atoms with Gasteiger partial charge in [0, 0.05) is 0 Å². The number of aliphatic hydroxyl groups is 1. The van der Waals surface area contributed by atoms with Crippen molar-refractivity contribution >= 4 is 15.9 Å². The molecule has 2 rings (SSSR count). The lowest BCUT2D eigenvalue weighted by Crippen LogP contribution is -2.04. The molecule has 0 aliphatic heterocycles. The quantitative estimate of drug-likeness (QED) is 0.829. The van der Waals surface area contributed by atoms with Crippen LogP contribution in [-0.4, -0.2) is 25.4 Å². The molecule has 0 unspecified atom stereocenters. The van der Waals surface area contributed by atoms with Gasteiger partial charge in [0.1, 0.15) is 19.0 Å². The Kier molecular flexibility index (Phi) is 5.90. The van der Waals surface area contributed by atoms with Crippen molar-refractivity contribution in [3.63, 3.8) is 0 Å². The zero-order valence-corrected chi connectivity index (χ0v) is 13.3. The van der Waals surface area contributed by atoms with E-state index in [2.05, 4.69) is 15.9 Å². The summed E-state index contributed by atoms with van der Waals surface area (Å²) < 4.78 is 17.3. The van der Waals surface area contributed by atoms with E-state index in [1.54, 1.807) is 13.2 Å². The first-order chi connectivity index (χ1) is 10.2. The summed E-state index contributed by atoms with van der Waals surface area (Å²) in [7, 11) is 1.63.